The van der Waals surface area contributed by atoms with Crippen LogP contribution in [0.25, 0.3) is 0 Å². The van der Waals surface area contributed by atoms with Crippen molar-refractivity contribution >= 4 is 5.91 Å². The molecule has 0 bridgehead atoms. The topological polar surface area (TPSA) is 48.5 Å². The smallest absolute Gasteiger partial charge is 0.228 e. The van der Waals surface area contributed by atoms with Gasteiger partial charge in [0.15, 0.2) is 0 Å². The number of aromatic nitrogens is 1. The van der Waals surface area contributed by atoms with Gasteiger partial charge in [-0.2, -0.15) is 0 Å². The molecule has 104 valence electrons. The fourth-order valence-corrected chi connectivity index (χ4v) is 2.14. The van der Waals surface area contributed by atoms with Gasteiger partial charge >= 0.3 is 0 Å². The van der Waals surface area contributed by atoms with Crippen molar-refractivity contribution in [3.05, 3.63) is 30.1 Å². The Morgan fingerprint density at radius 2 is 2.21 bits per heavy atom. The molecule has 2 heterocycles. The first-order chi connectivity index (χ1) is 9.25. The van der Waals surface area contributed by atoms with Gasteiger partial charge in [-0.15, -0.1) is 0 Å². The zero-order valence-electron chi connectivity index (χ0n) is 11.5. The molecule has 19 heavy (non-hydrogen) atoms. The molecular weight excluding hydrogens is 240 g/mol. The maximum absolute atomic E-state index is 12.0. The minimum absolute atomic E-state index is 0.133. The molecule has 2 rings (SSSR count). The number of hydrogen-bond acceptors (Lipinski definition) is 4. The first-order valence-corrected chi connectivity index (χ1v) is 6.82. The molecule has 1 N–H and O–H groups in total. The summed E-state index contributed by atoms with van der Waals surface area (Å²) < 4.78 is 0. The highest BCUT2D eigenvalue weighted by Gasteiger charge is 2.13. The minimum Gasteiger partial charge on any atom is -0.344 e. The second-order valence-electron chi connectivity index (χ2n) is 4.90. The van der Waals surface area contributed by atoms with Gasteiger partial charge in [-0.25, -0.2) is 0 Å². The van der Waals surface area contributed by atoms with E-state index in [9.17, 15) is 4.79 Å². The average Bonchev–Trinajstić information content (AvgIpc) is 2.47. The molecule has 5 nitrogen and oxygen atoms in total. The SMILES string of the molecule is CN(CCN1CCNCC1)C(=O)Cc1ccccn1. The van der Waals surface area contributed by atoms with Gasteiger partial charge in [0.05, 0.1) is 6.42 Å². The lowest BCUT2D eigenvalue weighted by Crippen LogP contribution is -2.46. The number of carbonyl (C=O) groups excluding carboxylic acids is 1. The van der Waals surface area contributed by atoms with Crippen molar-refractivity contribution in [1.29, 1.82) is 0 Å². The van der Waals surface area contributed by atoms with Crippen LogP contribution in [-0.2, 0) is 11.2 Å². The summed E-state index contributed by atoms with van der Waals surface area (Å²) in [5.74, 6) is 0.133. The number of nitrogens with one attached hydrogen (secondary N) is 1. The van der Waals surface area contributed by atoms with E-state index in [0.29, 0.717) is 6.42 Å². The molecule has 0 unspecified atom stereocenters. The average molecular weight is 262 g/mol. The second kappa shape index (κ2) is 7.21. The minimum atomic E-state index is 0.133. The zero-order valence-corrected chi connectivity index (χ0v) is 11.5. The van der Waals surface area contributed by atoms with Crippen molar-refractivity contribution in [2.75, 3.05) is 46.3 Å². The van der Waals surface area contributed by atoms with Gasteiger partial charge < -0.3 is 10.2 Å². The standard InChI is InChI=1S/C14H22N4O/c1-17(10-11-18-8-6-15-7-9-18)14(19)12-13-4-2-3-5-16-13/h2-5,15H,6-12H2,1H3. The van der Waals surface area contributed by atoms with E-state index >= 15 is 0 Å². The quantitative estimate of drug-likeness (QED) is 0.811. The van der Waals surface area contributed by atoms with Crippen molar-refractivity contribution in [1.82, 2.24) is 20.1 Å². The number of nitrogens with zero attached hydrogens (tertiary/aromatic N) is 3. The predicted octanol–water partition coefficient (Wildman–Crippen LogP) is -0.0123. The lowest BCUT2D eigenvalue weighted by Gasteiger charge is -2.29. The van der Waals surface area contributed by atoms with Crippen molar-refractivity contribution in [2.45, 2.75) is 6.42 Å². The summed E-state index contributed by atoms with van der Waals surface area (Å²) in [5.41, 5.74) is 0.835. The first-order valence-electron chi connectivity index (χ1n) is 6.82. The maximum Gasteiger partial charge on any atom is 0.228 e. The van der Waals surface area contributed by atoms with Crippen LogP contribution in [0.3, 0.4) is 0 Å². The van der Waals surface area contributed by atoms with E-state index < -0.39 is 0 Å². The molecule has 5 heteroatoms. The van der Waals surface area contributed by atoms with Crippen LogP contribution >= 0.6 is 0 Å². The molecule has 1 fully saturated rings. The number of amides is 1. The Morgan fingerprint density at radius 3 is 2.89 bits per heavy atom. The lowest BCUT2D eigenvalue weighted by molar-refractivity contribution is -0.129. The molecule has 1 aliphatic rings. The molecule has 1 aliphatic heterocycles. The van der Waals surface area contributed by atoms with Crippen molar-refractivity contribution in [3.8, 4) is 0 Å². The lowest BCUT2D eigenvalue weighted by atomic mass is 10.2. The fraction of sp³-hybridized carbons (Fsp3) is 0.571. The largest absolute Gasteiger partial charge is 0.344 e. The van der Waals surface area contributed by atoms with Crippen molar-refractivity contribution in [2.24, 2.45) is 0 Å². The number of hydrogen-bond donors (Lipinski definition) is 1. The number of likely N-dealkylation sites (N-methyl/N-ethyl adjacent to an activating group) is 1. The van der Waals surface area contributed by atoms with Gasteiger partial charge in [0.25, 0.3) is 0 Å². The zero-order chi connectivity index (χ0) is 13.5. The summed E-state index contributed by atoms with van der Waals surface area (Å²) in [7, 11) is 1.87. The Bertz CT molecular complexity index is 390. The highest BCUT2D eigenvalue weighted by Crippen LogP contribution is 1.99. The van der Waals surface area contributed by atoms with Crippen molar-refractivity contribution in [3.63, 3.8) is 0 Å². The van der Waals surface area contributed by atoms with E-state index in [-0.39, 0.29) is 5.91 Å². The molecule has 0 spiro atoms. The van der Waals surface area contributed by atoms with Gasteiger partial charge in [0.1, 0.15) is 0 Å². The van der Waals surface area contributed by atoms with E-state index in [4.69, 9.17) is 0 Å². The molecular formula is C14H22N4O. The summed E-state index contributed by atoms with van der Waals surface area (Å²) in [6.45, 7) is 5.97. The summed E-state index contributed by atoms with van der Waals surface area (Å²) in [4.78, 5) is 20.4. The van der Waals surface area contributed by atoms with Crippen LogP contribution in [0.4, 0.5) is 0 Å². The Morgan fingerprint density at radius 1 is 1.42 bits per heavy atom. The number of rotatable bonds is 5. The third-order valence-electron chi connectivity index (χ3n) is 3.45. The Hall–Kier alpha value is -1.46. The highest BCUT2D eigenvalue weighted by molar-refractivity contribution is 5.78. The monoisotopic (exact) mass is 262 g/mol. The summed E-state index contributed by atoms with van der Waals surface area (Å²) in [6, 6.07) is 5.67. The molecule has 0 atom stereocenters. The second-order valence-corrected chi connectivity index (χ2v) is 4.90. The first kappa shape index (κ1) is 14.0. The van der Waals surface area contributed by atoms with Crippen LogP contribution in [0.2, 0.25) is 0 Å². The van der Waals surface area contributed by atoms with Crippen LogP contribution in [0.15, 0.2) is 24.4 Å². The molecule has 1 aromatic rings. The summed E-state index contributed by atoms with van der Waals surface area (Å²) >= 11 is 0. The number of pyridine rings is 1. The fourth-order valence-electron chi connectivity index (χ4n) is 2.14. The molecule has 0 aromatic carbocycles. The maximum atomic E-state index is 12.0. The Balaban J connectivity index is 1.73. The Kier molecular flexibility index (Phi) is 5.30. The van der Waals surface area contributed by atoms with E-state index in [2.05, 4.69) is 15.2 Å². The van der Waals surface area contributed by atoms with Gasteiger partial charge in [-0.05, 0) is 12.1 Å². The van der Waals surface area contributed by atoms with Crippen LogP contribution in [0.5, 0.6) is 0 Å². The molecule has 1 saturated heterocycles. The molecule has 0 radical (unpaired) electrons. The normalized spacial score (nSPS) is 16.3. The van der Waals surface area contributed by atoms with Gasteiger partial charge in [-0.1, -0.05) is 6.07 Å². The van der Waals surface area contributed by atoms with E-state index in [0.717, 1.165) is 45.0 Å². The van der Waals surface area contributed by atoms with Crippen LogP contribution in [0.1, 0.15) is 5.69 Å². The summed E-state index contributed by atoms with van der Waals surface area (Å²) in [6.07, 6.45) is 2.11. The Labute approximate surface area is 114 Å². The van der Waals surface area contributed by atoms with E-state index in [1.54, 1.807) is 11.1 Å². The molecule has 1 amide bonds. The van der Waals surface area contributed by atoms with Gasteiger partial charge in [-0.3, -0.25) is 14.7 Å². The molecule has 0 aliphatic carbocycles. The number of piperazine rings is 1. The predicted molar refractivity (Wildman–Crippen MR) is 74.9 cm³/mol. The van der Waals surface area contributed by atoms with Crippen LogP contribution in [-0.4, -0.2) is 67.0 Å². The summed E-state index contributed by atoms with van der Waals surface area (Å²) in [5, 5.41) is 3.33. The van der Waals surface area contributed by atoms with Crippen LogP contribution in [0, 0.1) is 0 Å². The third kappa shape index (κ3) is 4.61. The third-order valence-corrected chi connectivity index (χ3v) is 3.45. The van der Waals surface area contributed by atoms with Crippen molar-refractivity contribution < 1.29 is 4.79 Å². The van der Waals surface area contributed by atoms with Gasteiger partial charge in [0.2, 0.25) is 5.91 Å². The molecule has 0 saturated carbocycles. The van der Waals surface area contributed by atoms with E-state index in [1.165, 1.54) is 0 Å². The number of carbonyl (C=O) groups is 1. The van der Waals surface area contributed by atoms with E-state index in [1.807, 2.05) is 25.2 Å². The highest BCUT2D eigenvalue weighted by atomic mass is 16.2. The van der Waals surface area contributed by atoms with Crippen LogP contribution < -0.4 is 5.32 Å². The van der Waals surface area contributed by atoms with Gasteiger partial charge in [0, 0.05) is 58.2 Å². The molecule has 1 aromatic heterocycles.